The highest BCUT2D eigenvalue weighted by atomic mass is 35.5. The zero-order valence-electron chi connectivity index (χ0n) is 9.67. The van der Waals surface area contributed by atoms with Crippen LogP contribution in [0.5, 0.6) is 0 Å². The van der Waals surface area contributed by atoms with E-state index in [1.165, 1.54) is 0 Å². The highest BCUT2D eigenvalue weighted by Gasteiger charge is 2.28. The van der Waals surface area contributed by atoms with Crippen LogP contribution >= 0.6 is 11.6 Å². The van der Waals surface area contributed by atoms with Crippen LogP contribution in [0.2, 0.25) is 5.02 Å². The summed E-state index contributed by atoms with van der Waals surface area (Å²) >= 11 is 5.99. The van der Waals surface area contributed by atoms with Crippen LogP contribution in [0.15, 0.2) is 24.3 Å². The molecule has 0 aliphatic rings. The number of hydrogen-bond donors (Lipinski definition) is 0. The van der Waals surface area contributed by atoms with E-state index in [0.29, 0.717) is 10.6 Å². The van der Waals surface area contributed by atoms with E-state index in [9.17, 15) is 4.79 Å². The maximum absolute atomic E-state index is 12.1. The zero-order chi connectivity index (χ0) is 11.6. The van der Waals surface area contributed by atoms with E-state index in [1.807, 2.05) is 19.1 Å². The first-order valence-corrected chi connectivity index (χ1v) is 5.50. The highest BCUT2D eigenvalue weighted by molar-refractivity contribution is 6.34. The van der Waals surface area contributed by atoms with Crippen molar-refractivity contribution in [3.8, 4) is 0 Å². The molecule has 0 saturated heterocycles. The Morgan fingerprint density at radius 1 is 1.27 bits per heavy atom. The van der Waals surface area contributed by atoms with E-state index in [4.69, 9.17) is 11.6 Å². The largest absolute Gasteiger partial charge is 0.294 e. The second-order valence-corrected chi connectivity index (χ2v) is 5.34. The molecule has 1 atom stereocenters. The Hall–Kier alpha value is -0.820. The molecule has 15 heavy (non-hydrogen) atoms. The van der Waals surface area contributed by atoms with E-state index in [2.05, 4.69) is 20.8 Å². The van der Waals surface area contributed by atoms with Gasteiger partial charge < -0.3 is 0 Å². The lowest BCUT2D eigenvalue weighted by molar-refractivity contribution is 0.0839. The number of rotatable bonds is 2. The highest BCUT2D eigenvalue weighted by Crippen LogP contribution is 2.30. The molecule has 1 nitrogen and oxygen atoms in total. The summed E-state index contributed by atoms with van der Waals surface area (Å²) in [7, 11) is 0. The van der Waals surface area contributed by atoms with Gasteiger partial charge in [-0.1, -0.05) is 51.4 Å². The average molecular weight is 225 g/mol. The molecular formula is C13H17ClO. The van der Waals surface area contributed by atoms with E-state index < -0.39 is 0 Å². The van der Waals surface area contributed by atoms with Crippen LogP contribution < -0.4 is 0 Å². The van der Waals surface area contributed by atoms with Crippen molar-refractivity contribution in [1.29, 1.82) is 0 Å². The van der Waals surface area contributed by atoms with Crippen molar-refractivity contribution in [2.24, 2.45) is 11.3 Å². The van der Waals surface area contributed by atoms with Crippen molar-refractivity contribution < 1.29 is 4.79 Å². The standard InChI is InChI=1S/C13H17ClO/c1-9(13(2,3)4)12(15)10-7-5-6-8-11(10)14/h5-9H,1-4H3. The molecule has 1 unspecified atom stereocenters. The van der Waals surface area contributed by atoms with Gasteiger partial charge >= 0.3 is 0 Å². The Morgan fingerprint density at radius 3 is 2.27 bits per heavy atom. The first-order chi connectivity index (χ1) is 6.84. The van der Waals surface area contributed by atoms with Crippen LogP contribution in [-0.4, -0.2) is 5.78 Å². The Kier molecular flexibility index (Phi) is 3.56. The van der Waals surface area contributed by atoms with Crippen LogP contribution in [0, 0.1) is 11.3 Å². The van der Waals surface area contributed by atoms with Gasteiger partial charge in [0.1, 0.15) is 0 Å². The second kappa shape index (κ2) is 4.36. The van der Waals surface area contributed by atoms with E-state index >= 15 is 0 Å². The molecule has 0 aliphatic carbocycles. The Bertz CT molecular complexity index is 363. The normalized spacial score (nSPS) is 13.7. The number of benzene rings is 1. The van der Waals surface area contributed by atoms with Crippen molar-refractivity contribution >= 4 is 17.4 Å². The fraction of sp³-hybridized carbons (Fsp3) is 0.462. The molecule has 0 spiro atoms. The van der Waals surface area contributed by atoms with E-state index in [-0.39, 0.29) is 17.1 Å². The lowest BCUT2D eigenvalue weighted by Gasteiger charge is -2.26. The van der Waals surface area contributed by atoms with Gasteiger partial charge in [-0.25, -0.2) is 0 Å². The summed E-state index contributed by atoms with van der Waals surface area (Å²) in [6.07, 6.45) is 0. The number of carbonyl (C=O) groups excluding carboxylic acids is 1. The van der Waals surface area contributed by atoms with Crippen molar-refractivity contribution in [3.63, 3.8) is 0 Å². The number of Topliss-reactive ketones (excluding diaryl/α,β-unsaturated/α-hetero) is 1. The van der Waals surface area contributed by atoms with Crippen molar-refractivity contribution in [2.75, 3.05) is 0 Å². The van der Waals surface area contributed by atoms with Crippen LogP contribution in [0.3, 0.4) is 0 Å². The summed E-state index contributed by atoms with van der Waals surface area (Å²) in [5.41, 5.74) is 0.595. The van der Waals surface area contributed by atoms with Gasteiger partial charge in [-0.3, -0.25) is 4.79 Å². The third-order valence-electron chi connectivity index (χ3n) is 2.83. The van der Waals surface area contributed by atoms with Gasteiger partial charge in [0.15, 0.2) is 5.78 Å². The van der Waals surface area contributed by atoms with Crippen LogP contribution in [-0.2, 0) is 0 Å². The summed E-state index contributed by atoms with van der Waals surface area (Å²) in [5.74, 6) is 0.0884. The summed E-state index contributed by atoms with van der Waals surface area (Å²) in [4.78, 5) is 12.1. The van der Waals surface area contributed by atoms with Crippen LogP contribution in [0.4, 0.5) is 0 Å². The average Bonchev–Trinajstić information content (AvgIpc) is 2.15. The maximum atomic E-state index is 12.1. The minimum absolute atomic E-state index is 0.0302. The van der Waals surface area contributed by atoms with Gasteiger partial charge in [0.2, 0.25) is 0 Å². The van der Waals surface area contributed by atoms with Crippen LogP contribution in [0.1, 0.15) is 38.1 Å². The fourth-order valence-electron chi connectivity index (χ4n) is 1.29. The molecule has 0 fully saturated rings. The van der Waals surface area contributed by atoms with Gasteiger partial charge in [0, 0.05) is 11.5 Å². The predicted molar refractivity (Wildman–Crippen MR) is 64.4 cm³/mol. The van der Waals surface area contributed by atoms with Crippen LogP contribution in [0.25, 0.3) is 0 Å². The second-order valence-electron chi connectivity index (χ2n) is 4.93. The molecule has 1 rings (SSSR count). The molecule has 1 aromatic carbocycles. The molecule has 0 N–H and O–H groups in total. The molecule has 0 saturated carbocycles. The van der Waals surface area contributed by atoms with Gasteiger partial charge in [-0.15, -0.1) is 0 Å². The van der Waals surface area contributed by atoms with Crippen molar-refractivity contribution in [2.45, 2.75) is 27.7 Å². The first-order valence-electron chi connectivity index (χ1n) is 5.13. The SMILES string of the molecule is CC(C(=O)c1ccccc1Cl)C(C)(C)C. The monoisotopic (exact) mass is 224 g/mol. The summed E-state index contributed by atoms with van der Waals surface area (Å²) in [6, 6.07) is 7.21. The predicted octanol–water partition coefficient (Wildman–Crippen LogP) is 4.20. The maximum Gasteiger partial charge on any atom is 0.167 e. The van der Waals surface area contributed by atoms with Gasteiger partial charge in [0.05, 0.1) is 5.02 Å². The molecule has 0 bridgehead atoms. The Morgan fingerprint density at radius 2 is 1.80 bits per heavy atom. The van der Waals surface area contributed by atoms with Gasteiger partial charge in [-0.2, -0.15) is 0 Å². The third kappa shape index (κ3) is 2.82. The van der Waals surface area contributed by atoms with Gasteiger partial charge in [0.25, 0.3) is 0 Å². The molecule has 1 aromatic rings. The minimum atomic E-state index is -0.0315. The number of hydrogen-bond acceptors (Lipinski definition) is 1. The topological polar surface area (TPSA) is 17.1 Å². The number of ketones is 1. The lowest BCUT2D eigenvalue weighted by atomic mass is 9.78. The molecule has 2 heteroatoms. The van der Waals surface area contributed by atoms with Gasteiger partial charge in [-0.05, 0) is 17.5 Å². The third-order valence-corrected chi connectivity index (χ3v) is 3.16. The molecule has 0 aromatic heterocycles. The summed E-state index contributed by atoms with van der Waals surface area (Å²) < 4.78 is 0. The van der Waals surface area contributed by atoms with Crippen molar-refractivity contribution in [3.05, 3.63) is 34.9 Å². The van der Waals surface area contributed by atoms with E-state index in [0.717, 1.165) is 0 Å². The smallest absolute Gasteiger partial charge is 0.167 e. The minimum Gasteiger partial charge on any atom is -0.294 e. The summed E-state index contributed by atoms with van der Waals surface area (Å²) in [6.45, 7) is 8.14. The quantitative estimate of drug-likeness (QED) is 0.688. The molecule has 0 aliphatic heterocycles. The number of halogens is 1. The molecule has 0 amide bonds. The summed E-state index contributed by atoms with van der Waals surface area (Å²) in [5, 5.41) is 0.540. The first kappa shape index (κ1) is 12.3. The molecule has 82 valence electrons. The molecule has 0 heterocycles. The van der Waals surface area contributed by atoms with Crippen molar-refractivity contribution in [1.82, 2.24) is 0 Å². The fourth-order valence-corrected chi connectivity index (χ4v) is 1.52. The Balaban J connectivity index is 3.01. The van der Waals surface area contributed by atoms with E-state index in [1.54, 1.807) is 12.1 Å². The lowest BCUT2D eigenvalue weighted by Crippen LogP contribution is -2.26. The zero-order valence-corrected chi connectivity index (χ0v) is 10.4. The molecular weight excluding hydrogens is 208 g/mol. The number of carbonyl (C=O) groups is 1. The Labute approximate surface area is 96.5 Å². The molecule has 0 radical (unpaired) electrons.